The highest BCUT2D eigenvalue weighted by molar-refractivity contribution is 5.17. The molecule has 0 aromatic carbocycles. The number of hydrogen-bond donors (Lipinski definition) is 0. The van der Waals surface area contributed by atoms with Crippen LogP contribution in [0, 0.1) is 6.92 Å². The Hall–Kier alpha value is -0.920. The lowest BCUT2D eigenvalue weighted by Gasteiger charge is -1.96. The van der Waals surface area contributed by atoms with Gasteiger partial charge in [0.1, 0.15) is 0 Å². The molecule has 0 saturated heterocycles. The molecule has 1 aromatic heterocycles. The topological polar surface area (TPSA) is 25.8 Å². The van der Waals surface area contributed by atoms with Crippen LogP contribution < -0.4 is 0 Å². The van der Waals surface area contributed by atoms with Crippen LogP contribution in [0.5, 0.6) is 0 Å². The van der Waals surface area contributed by atoms with Crippen LogP contribution in [0.2, 0.25) is 0 Å². The maximum Gasteiger partial charge on any atom is 0.0530 e. The molecule has 2 nitrogen and oxygen atoms in total. The van der Waals surface area contributed by atoms with Crippen molar-refractivity contribution in [3.8, 4) is 0 Å². The Morgan fingerprint density at radius 2 is 1.73 bits per heavy atom. The Kier molecular flexibility index (Phi) is 5.35. The molecule has 11 heavy (non-hydrogen) atoms. The second-order valence-corrected chi connectivity index (χ2v) is 2.05. The lowest BCUT2D eigenvalue weighted by atomic mass is 10.1. The SMILES string of the molecule is CC.CCc1cnncc1C. The van der Waals surface area contributed by atoms with E-state index >= 15 is 0 Å². The molecule has 0 atom stereocenters. The van der Waals surface area contributed by atoms with E-state index in [1.54, 1.807) is 6.20 Å². The van der Waals surface area contributed by atoms with Crippen LogP contribution in [0.25, 0.3) is 0 Å². The molecule has 0 aliphatic heterocycles. The molecule has 1 heterocycles. The quantitative estimate of drug-likeness (QED) is 0.617. The summed E-state index contributed by atoms with van der Waals surface area (Å²) >= 11 is 0. The number of aromatic nitrogens is 2. The van der Waals surface area contributed by atoms with E-state index in [1.165, 1.54) is 11.1 Å². The Balaban J connectivity index is 0.000000461. The highest BCUT2D eigenvalue weighted by atomic mass is 15.1. The second kappa shape index (κ2) is 5.83. The predicted octanol–water partition coefficient (Wildman–Crippen LogP) is 2.37. The zero-order valence-corrected chi connectivity index (χ0v) is 7.76. The van der Waals surface area contributed by atoms with Gasteiger partial charge >= 0.3 is 0 Å². The third kappa shape index (κ3) is 3.12. The number of rotatable bonds is 1. The van der Waals surface area contributed by atoms with E-state index in [-0.39, 0.29) is 0 Å². The number of hydrogen-bond acceptors (Lipinski definition) is 2. The van der Waals surface area contributed by atoms with Gasteiger partial charge in [0.25, 0.3) is 0 Å². The fraction of sp³-hybridized carbons (Fsp3) is 0.556. The van der Waals surface area contributed by atoms with Gasteiger partial charge in [0.05, 0.1) is 12.4 Å². The van der Waals surface area contributed by atoms with E-state index in [0.717, 1.165) is 6.42 Å². The minimum atomic E-state index is 1.04. The average molecular weight is 152 g/mol. The van der Waals surface area contributed by atoms with E-state index in [2.05, 4.69) is 17.1 Å². The van der Waals surface area contributed by atoms with Crippen molar-refractivity contribution < 1.29 is 0 Å². The van der Waals surface area contributed by atoms with Gasteiger partial charge in [-0.3, -0.25) is 0 Å². The van der Waals surface area contributed by atoms with Gasteiger partial charge < -0.3 is 0 Å². The molecule has 2 heteroatoms. The van der Waals surface area contributed by atoms with Gasteiger partial charge in [-0.05, 0) is 24.5 Å². The molecule has 0 N–H and O–H groups in total. The van der Waals surface area contributed by atoms with Gasteiger partial charge in [-0.25, -0.2) is 0 Å². The summed E-state index contributed by atoms with van der Waals surface area (Å²) in [6, 6.07) is 0. The van der Waals surface area contributed by atoms with E-state index < -0.39 is 0 Å². The Morgan fingerprint density at radius 3 is 2.09 bits per heavy atom. The van der Waals surface area contributed by atoms with Crippen molar-refractivity contribution in [2.75, 3.05) is 0 Å². The fourth-order valence-electron chi connectivity index (χ4n) is 0.778. The van der Waals surface area contributed by atoms with Gasteiger partial charge in [0, 0.05) is 0 Å². The molecular formula is C9H16N2. The van der Waals surface area contributed by atoms with Gasteiger partial charge in [0.15, 0.2) is 0 Å². The van der Waals surface area contributed by atoms with Gasteiger partial charge in [-0.2, -0.15) is 10.2 Å². The first-order valence-electron chi connectivity index (χ1n) is 4.10. The van der Waals surface area contributed by atoms with Crippen molar-refractivity contribution in [3.05, 3.63) is 23.5 Å². The summed E-state index contributed by atoms with van der Waals surface area (Å²) in [6.45, 7) is 8.16. The Labute approximate surface area is 68.7 Å². The summed E-state index contributed by atoms with van der Waals surface area (Å²) in [5, 5.41) is 7.51. The van der Waals surface area contributed by atoms with Gasteiger partial charge in [0.2, 0.25) is 0 Å². The van der Waals surface area contributed by atoms with E-state index in [0.29, 0.717) is 0 Å². The molecule has 1 rings (SSSR count). The summed E-state index contributed by atoms with van der Waals surface area (Å²) in [5.74, 6) is 0. The highest BCUT2D eigenvalue weighted by Crippen LogP contribution is 2.02. The van der Waals surface area contributed by atoms with Crippen LogP contribution in [-0.2, 0) is 6.42 Å². The molecule has 0 unspecified atom stereocenters. The number of nitrogens with zero attached hydrogens (tertiary/aromatic N) is 2. The smallest absolute Gasteiger partial charge is 0.0530 e. The van der Waals surface area contributed by atoms with Gasteiger partial charge in [-0.15, -0.1) is 0 Å². The first-order chi connectivity index (χ1) is 5.34. The molecule has 0 amide bonds. The van der Waals surface area contributed by atoms with Crippen molar-refractivity contribution >= 4 is 0 Å². The van der Waals surface area contributed by atoms with E-state index in [1.807, 2.05) is 27.0 Å². The molecular weight excluding hydrogens is 136 g/mol. The lowest BCUT2D eigenvalue weighted by molar-refractivity contribution is 0.960. The summed E-state index contributed by atoms with van der Waals surface area (Å²) in [5.41, 5.74) is 2.51. The monoisotopic (exact) mass is 152 g/mol. The summed E-state index contributed by atoms with van der Waals surface area (Å²) < 4.78 is 0. The maximum absolute atomic E-state index is 3.77. The molecule has 0 saturated carbocycles. The first-order valence-corrected chi connectivity index (χ1v) is 4.10. The average Bonchev–Trinajstić information content (AvgIpc) is 2.09. The van der Waals surface area contributed by atoms with Crippen molar-refractivity contribution in [2.24, 2.45) is 0 Å². The number of aryl methyl sites for hydroxylation is 2. The molecule has 0 aliphatic rings. The van der Waals surface area contributed by atoms with Crippen LogP contribution in [0.4, 0.5) is 0 Å². The zero-order chi connectivity index (χ0) is 8.69. The van der Waals surface area contributed by atoms with Gasteiger partial charge in [-0.1, -0.05) is 20.8 Å². The lowest BCUT2D eigenvalue weighted by Crippen LogP contribution is -1.89. The predicted molar refractivity (Wildman–Crippen MR) is 47.5 cm³/mol. The summed E-state index contributed by atoms with van der Waals surface area (Å²) in [7, 11) is 0. The fourth-order valence-corrected chi connectivity index (χ4v) is 0.778. The van der Waals surface area contributed by atoms with Crippen LogP contribution in [0.15, 0.2) is 12.4 Å². The van der Waals surface area contributed by atoms with E-state index in [9.17, 15) is 0 Å². The van der Waals surface area contributed by atoms with Crippen LogP contribution >= 0.6 is 0 Å². The van der Waals surface area contributed by atoms with E-state index in [4.69, 9.17) is 0 Å². The van der Waals surface area contributed by atoms with Crippen molar-refractivity contribution in [1.29, 1.82) is 0 Å². The normalized spacial score (nSPS) is 8.36. The molecule has 1 aromatic rings. The standard InChI is InChI=1S/C7H10N2.C2H6/c1-3-7-5-9-8-4-6(7)2;1-2/h4-5H,3H2,1-2H3;1-2H3. The van der Waals surface area contributed by atoms with Crippen molar-refractivity contribution in [3.63, 3.8) is 0 Å². The van der Waals surface area contributed by atoms with Crippen LogP contribution in [0.3, 0.4) is 0 Å². The van der Waals surface area contributed by atoms with Crippen LogP contribution in [0.1, 0.15) is 31.9 Å². The Morgan fingerprint density at radius 1 is 1.18 bits per heavy atom. The third-order valence-corrected chi connectivity index (χ3v) is 1.42. The molecule has 0 spiro atoms. The molecule has 0 aliphatic carbocycles. The molecule has 0 bridgehead atoms. The minimum absolute atomic E-state index is 1.04. The summed E-state index contributed by atoms with van der Waals surface area (Å²) in [6.07, 6.45) is 4.65. The third-order valence-electron chi connectivity index (χ3n) is 1.42. The van der Waals surface area contributed by atoms with Crippen molar-refractivity contribution in [1.82, 2.24) is 10.2 Å². The second-order valence-electron chi connectivity index (χ2n) is 2.05. The summed E-state index contributed by atoms with van der Waals surface area (Å²) in [4.78, 5) is 0. The molecule has 0 radical (unpaired) electrons. The Bertz CT molecular complexity index is 197. The maximum atomic E-state index is 3.77. The molecule has 62 valence electrons. The van der Waals surface area contributed by atoms with Crippen LogP contribution in [-0.4, -0.2) is 10.2 Å². The minimum Gasteiger partial charge on any atom is -0.159 e. The largest absolute Gasteiger partial charge is 0.159 e. The highest BCUT2D eigenvalue weighted by Gasteiger charge is 1.91. The first kappa shape index (κ1) is 10.1. The molecule has 0 fully saturated rings. The van der Waals surface area contributed by atoms with Crippen molar-refractivity contribution in [2.45, 2.75) is 34.1 Å². The zero-order valence-electron chi connectivity index (χ0n) is 7.76.